The van der Waals surface area contributed by atoms with Gasteiger partial charge < -0.3 is 9.67 Å². The van der Waals surface area contributed by atoms with Gasteiger partial charge in [0.25, 0.3) is 0 Å². The Labute approximate surface area is 183 Å². The zero-order valence-electron chi connectivity index (χ0n) is 17.9. The lowest BCUT2D eigenvalue weighted by Gasteiger charge is -2.34. The molecule has 3 aromatic rings. The first kappa shape index (κ1) is 20.2. The Bertz CT molecular complexity index is 1060. The fourth-order valence-electron chi connectivity index (χ4n) is 5.12. The third kappa shape index (κ3) is 3.95. The number of benzene rings is 2. The number of aryl methyl sites for hydroxylation is 1. The number of aliphatic hydroxyl groups is 1. The van der Waals surface area contributed by atoms with E-state index in [1.54, 1.807) is 0 Å². The van der Waals surface area contributed by atoms with E-state index >= 15 is 0 Å². The number of carbonyl (C=O) groups is 1. The number of Topliss-reactive ketones (excluding diaryl/α,β-unsaturated/α-hetero) is 1. The van der Waals surface area contributed by atoms with Crippen LogP contribution in [0.1, 0.15) is 46.8 Å². The molecule has 31 heavy (non-hydrogen) atoms. The molecule has 160 valence electrons. The molecule has 0 spiro atoms. The van der Waals surface area contributed by atoms with Crippen molar-refractivity contribution in [2.24, 2.45) is 5.92 Å². The Hall–Kier alpha value is -2.76. The number of hydrogen-bond acceptors (Lipinski definition) is 4. The van der Waals surface area contributed by atoms with Gasteiger partial charge in [0.1, 0.15) is 0 Å². The second-order valence-corrected chi connectivity index (χ2v) is 9.00. The second-order valence-electron chi connectivity index (χ2n) is 9.00. The van der Waals surface area contributed by atoms with Crippen LogP contribution in [0.3, 0.4) is 0 Å². The van der Waals surface area contributed by atoms with Crippen LogP contribution in [-0.2, 0) is 0 Å². The standard InChI is InChI=1S/C26H29N3O2/c1-18-6-8-19(9-7-18)26(31)16-28-12-10-20(11-13-28)25(30)14-23-21-4-2-3-5-22(21)24-15-27-17-29(23)24/h2-9,15,17,20,23,25,30H,10-14,16H2,1H3. The largest absolute Gasteiger partial charge is 0.393 e. The van der Waals surface area contributed by atoms with E-state index in [9.17, 15) is 9.90 Å². The number of ketones is 1. The lowest BCUT2D eigenvalue weighted by atomic mass is 9.86. The first-order valence-electron chi connectivity index (χ1n) is 11.2. The summed E-state index contributed by atoms with van der Waals surface area (Å²) in [5.41, 5.74) is 5.59. The Morgan fingerprint density at radius 1 is 1.13 bits per heavy atom. The van der Waals surface area contributed by atoms with Gasteiger partial charge in [-0.05, 0) is 50.8 Å². The van der Waals surface area contributed by atoms with E-state index in [0.29, 0.717) is 13.0 Å². The van der Waals surface area contributed by atoms with Gasteiger partial charge in [-0.3, -0.25) is 9.69 Å². The molecule has 0 aliphatic carbocycles. The molecule has 1 N–H and O–H groups in total. The molecule has 1 saturated heterocycles. The van der Waals surface area contributed by atoms with E-state index < -0.39 is 0 Å². The zero-order valence-corrected chi connectivity index (χ0v) is 17.9. The summed E-state index contributed by atoms with van der Waals surface area (Å²) in [5, 5.41) is 11.1. The lowest BCUT2D eigenvalue weighted by Crippen LogP contribution is -2.40. The monoisotopic (exact) mass is 415 g/mol. The molecule has 5 nitrogen and oxygen atoms in total. The first-order chi connectivity index (χ1) is 15.1. The minimum Gasteiger partial charge on any atom is -0.393 e. The molecule has 1 fully saturated rings. The molecule has 2 aliphatic rings. The number of nitrogens with zero attached hydrogens (tertiary/aromatic N) is 3. The van der Waals surface area contributed by atoms with Crippen molar-refractivity contribution in [3.8, 4) is 11.3 Å². The highest BCUT2D eigenvalue weighted by Crippen LogP contribution is 2.42. The summed E-state index contributed by atoms with van der Waals surface area (Å²) in [4.78, 5) is 19.1. The highest BCUT2D eigenvalue weighted by atomic mass is 16.3. The molecule has 0 amide bonds. The molecule has 1 aromatic heterocycles. The molecular formula is C26H29N3O2. The summed E-state index contributed by atoms with van der Waals surface area (Å²) in [6, 6.07) is 16.4. The summed E-state index contributed by atoms with van der Waals surface area (Å²) in [5.74, 6) is 0.444. The third-order valence-corrected chi connectivity index (χ3v) is 6.98. The zero-order chi connectivity index (χ0) is 21.4. The minimum absolute atomic E-state index is 0.143. The summed E-state index contributed by atoms with van der Waals surface area (Å²) < 4.78 is 2.20. The number of hydrogen-bond donors (Lipinski definition) is 1. The Balaban J connectivity index is 1.18. The lowest BCUT2D eigenvalue weighted by molar-refractivity contribution is 0.0462. The number of aliphatic hydroxyl groups excluding tert-OH is 1. The van der Waals surface area contributed by atoms with Crippen LogP contribution >= 0.6 is 0 Å². The van der Waals surface area contributed by atoms with Crippen molar-refractivity contribution >= 4 is 5.78 Å². The van der Waals surface area contributed by atoms with Gasteiger partial charge >= 0.3 is 0 Å². The molecule has 2 aromatic carbocycles. The van der Waals surface area contributed by atoms with Crippen LogP contribution in [0, 0.1) is 12.8 Å². The van der Waals surface area contributed by atoms with Crippen LogP contribution in [0.5, 0.6) is 0 Å². The van der Waals surface area contributed by atoms with Crippen LogP contribution in [0.4, 0.5) is 0 Å². The van der Waals surface area contributed by atoms with Gasteiger partial charge in [-0.1, -0.05) is 54.1 Å². The maximum absolute atomic E-state index is 12.6. The molecule has 0 saturated carbocycles. The fourth-order valence-corrected chi connectivity index (χ4v) is 5.12. The molecule has 0 bridgehead atoms. The number of likely N-dealkylation sites (tertiary alicyclic amines) is 1. The van der Waals surface area contributed by atoms with Gasteiger partial charge in [0.2, 0.25) is 0 Å². The first-order valence-corrected chi connectivity index (χ1v) is 11.2. The molecule has 0 radical (unpaired) electrons. The Kier molecular flexibility index (Phi) is 5.47. The Morgan fingerprint density at radius 2 is 1.87 bits per heavy atom. The quantitative estimate of drug-likeness (QED) is 0.616. The summed E-state index contributed by atoms with van der Waals surface area (Å²) in [7, 11) is 0. The number of carbonyl (C=O) groups excluding carboxylic acids is 1. The Morgan fingerprint density at radius 3 is 2.65 bits per heavy atom. The van der Waals surface area contributed by atoms with Gasteiger partial charge in [-0.15, -0.1) is 0 Å². The van der Waals surface area contributed by atoms with Crippen LogP contribution in [0.25, 0.3) is 11.3 Å². The highest BCUT2D eigenvalue weighted by molar-refractivity contribution is 5.97. The van der Waals surface area contributed by atoms with Crippen molar-refractivity contribution in [1.82, 2.24) is 14.5 Å². The molecule has 2 unspecified atom stereocenters. The average Bonchev–Trinajstić information content (AvgIpc) is 3.37. The summed E-state index contributed by atoms with van der Waals surface area (Å²) in [6.45, 7) is 4.20. The number of aromatic nitrogens is 2. The summed E-state index contributed by atoms with van der Waals surface area (Å²) >= 11 is 0. The number of rotatable bonds is 6. The van der Waals surface area contributed by atoms with Crippen LogP contribution in [0.15, 0.2) is 61.1 Å². The molecule has 3 heterocycles. The minimum atomic E-state index is -0.360. The van der Waals surface area contributed by atoms with E-state index in [1.165, 1.54) is 16.7 Å². The van der Waals surface area contributed by atoms with Crippen molar-refractivity contribution in [3.63, 3.8) is 0 Å². The number of fused-ring (bicyclic) bond motifs is 3. The number of piperidine rings is 1. The topological polar surface area (TPSA) is 58.4 Å². The van der Waals surface area contributed by atoms with E-state index in [2.05, 4.69) is 38.7 Å². The fraction of sp³-hybridized carbons (Fsp3) is 0.385. The van der Waals surface area contributed by atoms with Crippen LogP contribution in [0.2, 0.25) is 0 Å². The maximum atomic E-state index is 12.6. The van der Waals surface area contributed by atoms with Crippen molar-refractivity contribution < 1.29 is 9.90 Å². The predicted molar refractivity (Wildman–Crippen MR) is 121 cm³/mol. The molecule has 2 aliphatic heterocycles. The van der Waals surface area contributed by atoms with Gasteiger partial charge in [-0.2, -0.15) is 0 Å². The van der Waals surface area contributed by atoms with E-state index in [-0.39, 0.29) is 23.8 Å². The van der Waals surface area contributed by atoms with Crippen LogP contribution < -0.4 is 0 Å². The molecule has 5 heteroatoms. The average molecular weight is 416 g/mol. The third-order valence-electron chi connectivity index (χ3n) is 6.98. The van der Waals surface area contributed by atoms with Crippen molar-refractivity contribution in [1.29, 1.82) is 0 Å². The molecular weight excluding hydrogens is 386 g/mol. The van der Waals surface area contributed by atoms with Crippen molar-refractivity contribution in [2.75, 3.05) is 19.6 Å². The van der Waals surface area contributed by atoms with Gasteiger partial charge in [-0.25, -0.2) is 4.98 Å². The smallest absolute Gasteiger partial charge is 0.176 e. The van der Waals surface area contributed by atoms with Crippen molar-refractivity contribution in [2.45, 2.75) is 38.3 Å². The van der Waals surface area contributed by atoms with Crippen molar-refractivity contribution in [3.05, 3.63) is 77.7 Å². The molecule has 5 rings (SSSR count). The highest BCUT2D eigenvalue weighted by Gasteiger charge is 2.33. The van der Waals surface area contributed by atoms with Gasteiger partial charge in [0.05, 0.1) is 36.9 Å². The number of imidazole rings is 1. The van der Waals surface area contributed by atoms with E-state index in [0.717, 1.165) is 37.2 Å². The molecule has 2 atom stereocenters. The predicted octanol–water partition coefficient (Wildman–Crippen LogP) is 4.11. The SMILES string of the molecule is Cc1ccc(C(=O)CN2CCC(C(O)CC3c4ccccc4-c4cncn43)CC2)cc1. The van der Waals surface area contributed by atoms with E-state index in [4.69, 9.17) is 0 Å². The normalized spacial score (nSPS) is 19.7. The van der Waals surface area contributed by atoms with Gasteiger partial charge in [0.15, 0.2) is 5.78 Å². The second kappa shape index (κ2) is 8.40. The van der Waals surface area contributed by atoms with Crippen LogP contribution in [-0.4, -0.2) is 51.1 Å². The van der Waals surface area contributed by atoms with Gasteiger partial charge in [0, 0.05) is 11.1 Å². The summed E-state index contributed by atoms with van der Waals surface area (Å²) in [6.07, 6.45) is 5.98. The van der Waals surface area contributed by atoms with E-state index in [1.807, 2.05) is 43.7 Å². The maximum Gasteiger partial charge on any atom is 0.176 e.